The fourth-order valence-corrected chi connectivity index (χ4v) is 3.57. The predicted octanol–water partition coefficient (Wildman–Crippen LogP) is -1.49. The maximum Gasteiger partial charge on any atom is 0.326 e. The van der Waals surface area contributed by atoms with Crippen LogP contribution in [0.15, 0.2) is 0 Å². The molecule has 0 saturated carbocycles. The van der Waals surface area contributed by atoms with Crippen molar-refractivity contribution in [2.45, 2.75) is 64.5 Å². The molecule has 16 nitrogen and oxygen atoms in total. The summed E-state index contributed by atoms with van der Waals surface area (Å²) < 4.78 is 21.1. The van der Waals surface area contributed by atoms with Crippen LogP contribution in [-0.4, -0.2) is 132 Å². The number of carbonyl (C=O) groups is 6. The molecular formula is C28H51N5O11. The number of aliphatic carboxylic acids is 1. The van der Waals surface area contributed by atoms with E-state index in [1.54, 1.807) is 20.9 Å². The Morgan fingerprint density at radius 2 is 1.16 bits per heavy atom. The Morgan fingerprint density at radius 3 is 1.66 bits per heavy atom. The van der Waals surface area contributed by atoms with E-state index in [0.717, 1.165) is 19.3 Å². The van der Waals surface area contributed by atoms with Crippen LogP contribution in [0.3, 0.4) is 0 Å². The molecule has 0 aromatic heterocycles. The minimum absolute atomic E-state index is 0.0186. The first kappa shape index (κ1) is 40.8. The van der Waals surface area contributed by atoms with Gasteiger partial charge in [0.05, 0.1) is 45.7 Å². The Hall–Kier alpha value is -3.18. The van der Waals surface area contributed by atoms with E-state index in [4.69, 9.17) is 24.1 Å². The van der Waals surface area contributed by atoms with Crippen LogP contribution in [0.1, 0.15) is 52.4 Å². The molecule has 0 aliphatic carbocycles. The zero-order valence-electron chi connectivity index (χ0n) is 26.2. The van der Waals surface area contributed by atoms with E-state index < -0.39 is 17.9 Å². The first-order chi connectivity index (χ1) is 21.1. The highest BCUT2D eigenvalue weighted by molar-refractivity contribution is 5.84. The highest BCUT2D eigenvalue weighted by atomic mass is 16.5. The number of Topliss-reactive ketones (excluding diaryl/α,β-unsaturated/α-hetero) is 1. The van der Waals surface area contributed by atoms with Crippen molar-refractivity contribution in [1.29, 1.82) is 0 Å². The van der Waals surface area contributed by atoms with Crippen molar-refractivity contribution in [2.75, 3.05) is 79.5 Å². The smallest absolute Gasteiger partial charge is 0.326 e. The summed E-state index contributed by atoms with van der Waals surface area (Å²) in [6.07, 6.45) is 2.41. The number of nitrogens with one attached hydrogen (secondary N) is 5. The lowest BCUT2D eigenvalue weighted by molar-refractivity contribution is -0.142. The molecule has 254 valence electrons. The highest BCUT2D eigenvalue weighted by Crippen LogP contribution is 2.01. The van der Waals surface area contributed by atoms with Crippen molar-refractivity contribution < 1.29 is 52.8 Å². The third-order valence-corrected chi connectivity index (χ3v) is 6.04. The maximum absolute atomic E-state index is 11.8. The summed E-state index contributed by atoms with van der Waals surface area (Å²) in [6, 6.07) is -1.26. The molecule has 0 aromatic carbocycles. The molecule has 6 N–H and O–H groups in total. The molecule has 0 saturated heterocycles. The quantitative estimate of drug-likeness (QED) is 0.0519. The molecule has 2 atom stereocenters. The van der Waals surface area contributed by atoms with Gasteiger partial charge in [-0.05, 0) is 39.7 Å². The molecule has 0 radical (unpaired) electrons. The number of likely N-dealkylation sites (N-methyl/N-ethyl adjacent to an activating group) is 1. The van der Waals surface area contributed by atoms with E-state index >= 15 is 0 Å². The monoisotopic (exact) mass is 633 g/mol. The van der Waals surface area contributed by atoms with E-state index in [0.29, 0.717) is 6.54 Å². The summed E-state index contributed by atoms with van der Waals surface area (Å²) in [6.45, 7) is 5.35. The van der Waals surface area contributed by atoms with Crippen molar-refractivity contribution in [3.05, 3.63) is 0 Å². The van der Waals surface area contributed by atoms with Gasteiger partial charge in [-0.15, -0.1) is 0 Å². The minimum Gasteiger partial charge on any atom is -0.480 e. The Morgan fingerprint density at radius 1 is 0.636 bits per heavy atom. The zero-order valence-corrected chi connectivity index (χ0v) is 26.2. The van der Waals surface area contributed by atoms with Crippen LogP contribution in [0, 0.1) is 0 Å². The molecular weight excluding hydrogens is 582 g/mol. The Labute approximate surface area is 259 Å². The number of amides is 4. The van der Waals surface area contributed by atoms with Gasteiger partial charge in [-0.3, -0.25) is 24.0 Å². The summed E-state index contributed by atoms with van der Waals surface area (Å²) >= 11 is 0. The second-order valence-electron chi connectivity index (χ2n) is 9.68. The molecule has 0 heterocycles. The van der Waals surface area contributed by atoms with Crippen LogP contribution in [0.25, 0.3) is 0 Å². The van der Waals surface area contributed by atoms with Crippen LogP contribution in [0.5, 0.6) is 0 Å². The van der Waals surface area contributed by atoms with E-state index in [2.05, 4.69) is 26.6 Å². The van der Waals surface area contributed by atoms with Crippen LogP contribution < -0.4 is 26.6 Å². The summed E-state index contributed by atoms with van der Waals surface area (Å²) in [5.74, 6) is -2.37. The lowest BCUT2D eigenvalue weighted by Crippen LogP contribution is -2.41. The fourth-order valence-electron chi connectivity index (χ4n) is 3.57. The molecule has 0 fully saturated rings. The van der Waals surface area contributed by atoms with Gasteiger partial charge in [0.1, 0.15) is 25.0 Å². The SMILES string of the molecule is CCC(=O)N[C@@H](CCC(=O)NCCOCCOCC(=O)NCCOCCOCC(=O)NCCCC[C@H](NC)C(C)=O)C(=O)O. The first-order valence-corrected chi connectivity index (χ1v) is 14.9. The highest BCUT2D eigenvalue weighted by Gasteiger charge is 2.20. The Balaban J connectivity index is 3.55. The summed E-state index contributed by atoms with van der Waals surface area (Å²) in [5.41, 5.74) is 0. The number of carboxylic acids is 1. The van der Waals surface area contributed by atoms with E-state index in [1.165, 1.54) is 0 Å². The van der Waals surface area contributed by atoms with E-state index in [-0.39, 0.29) is 115 Å². The van der Waals surface area contributed by atoms with Crippen molar-refractivity contribution >= 4 is 35.4 Å². The standard InChI is InChI=1S/C28H51N5O11/c1-4-24(35)33-23(28(39)40)8-9-25(36)31-11-13-41-15-18-44-20-27(38)32-12-14-42-16-17-43-19-26(37)30-10-6-5-7-22(29-3)21(2)34/h22-23,29H,4-20H2,1-3H3,(H,30,37)(H,31,36)(H,32,38)(H,33,35)(H,39,40)/t22-,23-/m0/s1. The molecule has 4 amide bonds. The van der Waals surface area contributed by atoms with Crippen LogP contribution >= 0.6 is 0 Å². The van der Waals surface area contributed by atoms with Crippen molar-refractivity contribution in [3.8, 4) is 0 Å². The number of hydrogen-bond acceptors (Lipinski definition) is 11. The normalized spacial score (nSPS) is 12.2. The van der Waals surface area contributed by atoms with Gasteiger partial charge in [-0.25, -0.2) is 4.79 Å². The number of rotatable bonds is 29. The first-order valence-electron chi connectivity index (χ1n) is 14.9. The van der Waals surface area contributed by atoms with Crippen LogP contribution in [0.2, 0.25) is 0 Å². The number of unbranched alkanes of at least 4 members (excludes halogenated alkanes) is 1. The number of ether oxygens (including phenoxy) is 4. The van der Waals surface area contributed by atoms with E-state index in [1.807, 2.05) is 0 Å². The maximum atomic E-state index is 11.8. The summed E-state index contributed by atoms with van der Waals surface area (Å²) in [7, 11) is 1.75. The topological polar surface area (TPSA) is 220 Å². The van der Waals surface area contributed by atoms with Crippen molar-refractivity contribution in [3.63, 3.8) is 0 Å². The third-order valence-electron chi connectivity index (χ3n) is 6.04. The third kappa shape index (κ3) is 24.3. The van der Waals surface area contributed by atoms with Crippen LogP contribution in [0.4, 0.5) is 0 Å². The molecule has 0 bridgehead atoms. The van der Waals surface area contributed by atoms with Crippen LogP contribution in [-0.2, 0) is 47.7 Å². The average Bonchev–Trinajstić information content (AvgIpc) is 2.99. The largest absolute Gasteiger partial charge is 0.480 e. The molecule has 16 heteroatoms. The average molecular weight is 634 g/mol. The van der Waals surface area contributed by atoms with E-state index in [9.17, 15) is 28.8 Å². The molecule has 0 aliphatic rings. The van der Waals surface area contributed by atoms with Crippen molar-refractivity contribution in [2.24, 2.45) is 0 Å². The minimum atomic E-state index is -1.19. The van der Waals surface area contributed by atoms with Crippen molar-refractivity contribution in [1.82, 2.24) is 26.6 Å². The number of hydrogen-bond donors (Lipinski definition) is 6. The molecule has 0 unspecified atom stereocenters. The lowest BCUT2D eigenvalue weighted by atomic mass is 10.1. The summed E-state index contributed by atoms with van der Waals surface area (Å²) in [4.78, 5) is 69.2. The Bertz CT molecular complexity index is 860. The Kier molecular flexibility index (Phi) is 25.4. The molecule has 0 aromatic rings. The van der Waals surface area contributed by atoms with Gasteiger partial charge in [-0.2, -0.15) is 0 Å². The molecule has 0 spiro atoms. The number of carbonyl (C=O) groups excluding carboxylic acids is 5. The zero-order chi connectivity index (χ0) is 33.0. The van der Waals surface area contributed by atoms with Gasteiger partial charge >= 0.3 is 5.97 Å². The van der Waals surface area contributed by atoms with Gasteiger partial charge in [0.25, 0.3) is 0 Å². The van der Waals surface area contributed by atoms with Gasteiger partial charge in [0.15, 0.2) is 0 Å². The van der Waals surface area contributed by atoms with Gasteiger partial charge < -0.3 is 50.6 Å². The molecule has 0 rings (SSSR count). The van der Waals surface area contributed by atoms with Gasteiger partial charge in [0, 0.05) is 32.5 Å². The lowest BCUT2D eigenvalue weighted by Gasteiger charge is -2.13. The number of ketones is 1. The fraction of sp³-hybridized carbons (Fsp3) is 0.786. The second-order valence-corrected chi connectivity index (χ2v) is 9.68. The van der Waals surface area contributed by atoms with Gasteiger partial charge in [-0.1, -0.05) is 6.92 Å². The molecule has 44 heavy (non-hydrogen) atoms. The van der Waals surface area contributed by atoms with Gasteiger partial charge in [0.2, 0.25) is 23.6 Å². The predicted molar refractivity (Wildman–Crippen MR) is 159 cm³/mol. The summed E-state index contributed by atoms with van der Waals surface area (Å²) in [5, 5.41) is 22.4. The second kappa shape index (κ2) is 27.4. The molecule has 0 aliphatic heterocycles. The number of carboxylic acid groups (broad SMARTS) is 1.